The van der Waals surface area contributed by atoms with E-state index in [-0.39, 0.29) is 5.97 Å². The number of methoxy groups -OCH3 is 1. The highest BCUT2D eigenvalue weighted by atomic mass is 16.5. The molecular formula is C11H13NO2. The standard InChI is InChI=1S/C11H13NO2/c1-7-3-4-8-9(7)5-12-6-10(8)11(13)14-2/h5-7H,3-4H2,1-2H3/t7-/m0/s1. The van der Waals surface area contributed by atoms with Crippen LogP contribution in [0.2, 0.25) is 0 Å². The van der Waals surface area contributed by atoms with Gasteiger partial charge in [-0.3, -0.25) is 4.98 Å². The molecule has 74 valence electrons. The fourth-order valence-corrected chi connectivity index (χ4v) is 2.01. The van der Waals surface area contributed by atoms with E-state index in [1.807, 2.05) is 6.20 Å². The molecule has 3 heteroatoms. The number of carbonyl (C=O) groups excluding carboxylic acids is 1. The van der Waals surface area contributed by atoms with E-state index < -0.39 is 0 Å². The van der Waals surface area contributed by atoms with E-state index in [0.29, 0.717) is 11.5 Å². The summed E-state index contributed by atoms with van der Waals surface area (Å²) < 4.78 is 4.72. The van der Waals surface area contributed by atoms with Gasteiger partial charge in [0.15, 0.2) is 0 Å². The molecule has 0 aromatic carbocycles. The molecule has 0 aliphatic heterocycles. The average Bonchev–Trinajstić information content (AvgIpc) is 2.59. The van der Waals surface area contributed by atoms with Gasteiger partial charge >= 0.3 is 5.97 Å². The van der Waals surface area contributed by atoms with Crippen molar-refractivity contribution < 1.29 is 9.53 Å². The number of carbonyl (C=O) groups is 1. The van der Waals surface area contributed by atoms with Crippen molar-refractivity contribution in [2.45, 2.75) is 25.7 Å². The molecule has 1 aromatic rings. The lowest BCUT2D eigenvalue weighted by Gasteiger charge is -2.06. The molecule has 14 heavy (non-hydrogen) atoms. The zero-order valence-corrected chi connectivity index (χ0v) is 8.41. The minimum absolute atomic E-state index is 0.275. The second-order valence-corrected chi connectivity index (χ2v) is 3.69. The number of fused-ring (bicyclic) bond motifs is 1. The predicted octanol–water partition coefficient (Wildman–Crippen LogP) is 1.92. The van der Waals surface area contributed by atoms with Gasteiger partial charge in [-0.15, -0.1) is 0 Å². The number of hydrogen-bond acceptors (Lipinski definition) is 3. The van der Waals surface area contributed by atoms with Gasteiger partial charge in [0.1, 0.15) is 0 Å². The molecule has 0 saturated carbocycles. The van der Waals surface area contributed by atoms with Crippen molar-refractivity contribution in [1.82, 2.24) is 4.98 Å². The van der Waals surface area contributed by atoms with Crippen LogP contribution in [-0.4, -0.2) is 18.1 Å². The van der Waals surface area contributed by atoms with E-state index >= 15 is 0 Å². The Balaban J connectivity index is 2.49. The normalized spacial score (nSPS) is 19.1. The van der Waals surface area contributed by atoms with E-state index in [1.54, 1.807) is 6.20 Å². The van der Waals surface area contributed by atoms with Gasteiger partial charge in [-0.25, -0.2) is 4.79 Å². The van der Waals surface area contributed by atoms with Gasteiger partial charge in [0.05, 0.1) is 12.7 Å². The third-order valence-corrected chi connectivity index (χ3v) is 2.85. The first-order valence-corrected chi connectivity index (χ1v) is 4.79. The summed E-state index contributed by atoms with van der Waals surface area (Å²) in [6, 6.07) is 0. The van der Waals surface area contributed by atoms with Crippen LogP contribution in [0.4, 0.5) is 0 Å². The van der Waals surface area contributed by atoms with E-state index in [4.69, 9.17) is 4.74 Å². The molecule has 0 spiro atoms. The molecule has 1 heterocycles. The van der Waals surface area contributed by atoms with Crippen LogP contribution in [0.5, 0.6) is 0 Å². The van der Waals surface area contributed by atoms with Gasteiger partial charge in [-0.05, 0) is 29.9 Å². The second kappa shape index (κ2) is 3.40. The summed E-state index contributed by atoms with van der Waals surface area (Å²) in [5.74, 6) is 0.241. The molecular weight excluding hydrogens is 178 g/mol. The Bertz CT molecular complexity index is 374. The molecule has 0 N–H and O–H groups in total. The number of hydrogen-bond donors (Lipinski definition) is 0. The predicted molar refractivity (Wildman–Crippen MR) is 52.3 cm³/mol. The van der Waals surface area contributed by atoms with Gasteiger partial charge in [0, 0.05) is 12.4 Å². The first kappa shape index (κ1) is 9.19. The Morgan fingerprint density at radius 2 is 2.36 bits per heavy atom. The maximum Gasteiger partial charge on any atom is 0.339 e. The van der Waals surface area contributed by atoms with Crippen LogP contribution < -0.4 is 0 Å². The summed E-state index contributed by atoms with van der Waals surface area (Å²) >= 11 is 0. The summed E-state index contributed by atoms with van der Waals surface area (Å²) in [5, 5.41) is 0. The SMILES string of the molecule is COC(=O)c1cncc2c1CC[C@@H]2C. The molecule has 3 nitrogen and oxygen atoms in total. The van der Waals surface area contributed by atoms with Crippen molar-refractivity contribution in [3.63, 3.8) is 0 Å². The summed E-state index contributed by atoms with van der Waals surface area (Å²) in [5.41, 5.74) is 2.96. The monoisotopic (exact) mass is 191 g/mol. The van der Waals surface area contributed by atoms with Gasteiger partial charge < -0.3 is 4.74 Å². The molecule has 0 saturated heterocycles. The van der Waals surface area contributed by atoms with Gasteiger partial charge in [-0.1, -0.05) is 6.92 Å². The molecule has 1 aromatic heterocycles. The van der Waals surface area contributed by atoms with Crippen LogP contribution >= 0.6 is 0 Å². The molecule has 2 rings (SSSR count). The Morgan fingerprint density at radius 3 is 3.07 bits per heavy atom. The summed E-state index contributed by atoms with van der Waals surface area (Å²) in [6.45, 7) is 2.16. The highest BCUT2D eigenvalue weighted by Crippen LogP contribution is 2.33. The quantitative estimate of drug-likeness (QED) is 0.636. The van der Waals surface area contributed by atoms with Crippen molar-refractivity contribution >= 4 is 5.97 Å². The van der Waals surface area contributed by atoms with Crippen LogP contribution in [0.15, 0.2) is 12.4 Å². The van der Waals surface area contributed by atoms with E-state index in [9.17, 15) is 4.79 Å². The molecule has 0 unspecified atom stereocenters. The molecule has 1 aliphatic rings. The highest BCUT2D eigenvalue weighted by molar-refractivity contribution is 5.91. The van der Waals surface area contributed by atoms with Gasteiger partial charge in [0.2, 0.25) is 0 Å². The molecule has 0 amide bonds. The lowest BCUT2D eigenvalue weighted by molar-refractivity contribution is 0.0599. The van der Waals surface area contributed by atoms with Crippen LogP contribution in [0.25, 0.3) is 0 Å². The third kappa shape index (κ3) is 1.29. The van der Waals surface area contributed by atoms with Crippen molar-refractivity contribution in [3.8, 4) is 0 Å². The van der Waals surface area contributed by atoms with Crippen molar-refractivity contribution in [3.05, 3.63) is 29.1 Å². The number of nitrogens with zero attached hydrogens (tertiary/aromatic N) is 1. The maximum absolute atomic E-state index is 11.4. The van der Waals surface area contributed by atoms with Crippen molar-refractivity contribution in [1.29, 1.82) is 0 Å². The topological polar surface area (TPSA) is 39.2 Å². The van der Waals surface area contributed by atoms with Crippen molar-refractivity contribution in [2.75, 3.05) is 7.11 Å². The fourth-order valence-electron chi connectivity index (χ4n) is 2.01. The van der Waals surface area contributed by atoms with Crippen LogP contribution in [-0.2, 0) is 11.2 Å². The van der Waals surface area contributed by atoms with E-state index in [2.05, 4.69) is 11.9 Å². The zero-order valence-electron chi connectivity index (χ0n) is 8.41. The Labute approximate surface area is 83.1 Å². The number of pyridine rings is 1. The fraction of sp³-hybridized carbons (Fsp3) is 0.455. The Kier molecular flexibility index (Phi) is 2.23. The summed E-state index contributed by atoms with van der Waals surface area (Å²) in [7, 11) is 1.40. The van der Waals surface area contributed by atoms with Gasteiger partial charge in [-0.2, -0.15) is 0 Å². The summed E-state index contributed by atoms with van der Waals surface area (Å²) in [4.78, 5) is 15.5. The van der Waals surface area contributed by atoms with Crippen molar-refractivity contribution in [2.24, 2.45) is 0 Å². The smallest absolute Gasteiger partial charge is 0.339 e. The number of rotatable bonds is 1. The number of esters is 1. The van der Waals surface area contributed by atoms with E-state index in [1.165, 1.54) is 12.7 Å². The molecule has 0 bridgehead atoms. The van der Waals surface area contributed by atoms with Crippen LogP contribution in [0.3, 0.4) is 0 Å². The molecule has 0 fully saturated rings. The highest BCUT2D eigenvalue weighted by Gasteiger charge is 2.24. The second-order valence-electron chi connectivity index (χ2n) is 3.69. The number of aromatic nitrogens is 1. The minimum atomic E-state index is -0.275. The first-order valence-electron chi connectivity index (χ1n) is 4.79. The largest absolute Gasteiger partial charge is 0.465 e. The Morgan fingerprint density at radius 1 is 1.57 bits per heavy atom. The Hall–Kier alpha value is -1.38. The summed E-state index contributed by atoms with van der Waals surface area (Å²) in [6.07, 6.45) is 5.52. The molecule has 1 atom stereocenters. The molecule has 1 aliphatic carbocycles. The van der Waals surface area contributed by atoms with Crippen LogP contribution in [0.1, 0.15) is 40.7 Å². The molecule has 0 radical (unpaired) electrons. The maximum atomic E-state index is 11.4. The third-order valence-electron chi connectivity index (χ3n) is 2.85. The number of ether oxygens (including phenoxy) is 1. The lowest BCUT2D eigenvalue weighted by atomic mass is 10.0. The average molecular weight is 191 g/mol. The zero-order chi connectivity index (χ0) is 10.1. The first-order chi connectivity index (χ1) is 6.74. The van der Waals surface area contributed by atoms with Crippen LogP contribution in [0, 0.1) is 0 Å². The van der Waals surface area contributed by atoms with Gasteiger partial charge in [0.25, 0.3) is 0 Å². The lowest BCUT2D eigenvalue weighted by Crippen LogP contribution is -2.06. The van der Waals surface area contributed by atoms with E-state index in [0.717, 1.165) is 18.4 Å². The minimum Gasteiger partial charge on any atom is -0.465 e.